The van der Waals surface area contributed by atoms with Crippen molar-refractivity contribution in [1.82, 2.24) is 9.78 Å². The van der Waals surface area contributed by atoms with E-state index in [-0.39, 0.29) is 10.6 Å². The molecule has 7 heteroatoms. The fourth-order valence-electron chi connectivity index (χ4n) is 3.50. The van der Waals surface area contributed by atoms with Gasteiger partial charge < -0.3 is 14.8 Å². The van der Waals surface area contributed by atoms with Crippen molar-refractivity contribution < 1.29 is 9.47 Å². The van der Waals surface area contributed by atoms with Crippen LogP contribution in [0.5, 0.6) is 11.5 Å². The summed E-state index contributed by atoms with van der Waals surface area (Å²) in [6.45, 7) is 4.16. The number of benzene rings is 2. The predicted molar refractivity (Wildman–Crippen MR) is 118 cm³/mol. The highest BCUT2D eigenvalue weighted by molar-refractivity contribution is 6.32. The van der Waals surface area contributed by atoms with Gasteiger partial charge in [0.25, 0.3) is 5.56 Å². The number of hydrogen-bond acceptors (Lipinski definition) is 5. The normalized spacial score (nSPS) is 16.3. The SMILES string of the molecule is Cc1cc(Oc2ccccc2)ccc1-n1ncc(NCC2CCCOC2)c(Cl)c1=O. The first-order valence-electron chi connectivity index (χ1n) is 10.0. The standard InChI is InChI=1S/C23H24ClN3O3/c1-16-12-19(30-18-7-3-2-4-8-18)9-10-21(16)27-23(28)22(24)20(14-26-27)25-13-17-6-5-11-29-15-17/h2-4,7-10,12,14,17,25H,5-6,11,13,15H2,1H3. The average Bonchev–Trinajstić information content (AvgIpc) is 2.77. The van der Waals surface area contributed by atoms with E-state index in [2.05, 4.69) is 10.4 Å². The van der Waals surface area contributed by atoms with Gasteiger partial charge >= 0.3 is 0 Å². The quantitative estimate of drug-likeness (QED) is 0.613. The predicted octanol–water partition coefficient (Wildman–Crippen LogP) is 4.83. The van der Waals surface area contributed by atoms with Crippen molar-refractivity contribution in [3.8, 4) is 17.2 Å². The highest BCUT2D eigenvalue weighted by Crippen LogP contribution is 2.25. The molecule has 1 saturated heterocycles. The average molecular weight is 426 g/mol. The summed E-state index contributed by atoms with van der Waals surface area (Å²) >= 11 is 6.37. The summed E-state index contributed by atoms with van der Waals surface area (Å²) < 4.78 is 12.7. The number of nitrogens with zero attached hydrogens (tertiary/aromatic N) is 2. The van der Waals surface area contributed by atoms with Crippen LogP contribution in [0.15, 0.2) is 59.5 Å². The third-order valence-corrected chi connectivity index (χ3v) is 5.50. The van der Waals surface area contributed by atoms with E-state index in [0.717, 1.165) is 37.4 Å². The fraction of sp³-hybridized carbons (Fsp3) is 0.304. The minimum Gasteiger partial charge on any atom is -0.457 e. The van der Waals surface area contributed by atoms with Crippen molar-refractivity contribution >= 4 is 17.3 Å². The fourth-order valence-corrected chi connectivity index (χ4v) is 3.70. The number of halogens is 1. The van der Waals surface area contributed by atoms with Gasteiger partial charge in [0.2, 0.25) is 0 Å². The van der Waals surface area contributed by atoms with Crippen LogP contribution < -0.4 is 15.6 Å². The first-order chi connectivity index (χ1) is 14.6. The summed E-state index contributed by atoms with van der Waals surface area (Å²) in [6.07, 6.45) is 3.76. The van der Waals surface area contributed by atoms with Gasteiger partial charge in [-0.15, -0.1) is 0 Å². The summed E-state index contributed by atoms with van der Waals surface area (Å²) in [5, 5.41) is 7.71. The van der Waals surface area contributed by atoms with Crippen LogP contribution >= 0.6 is 11.6 Å². The maximum Gasteiger partial charge on any atom is 0.292 e. The summed E-state index contributed by atoms with van der Waals surface area (Å²) in [6, 6.07) is 15.0. The van der Waals surface area contributed by atoms with E-state index in [9.17, 15) is 4.79 Å². The van der Waals surface area contributed by atoms with Crippen molar-refractivity contribution in [2.45, 2.75) is 19.8 Å². The number of ether oxygens (including phenoxy) is 2. The van der Waals surface area contributed by atoms with Crippen molar-refractivity contribution in [3.63, 3.8) is 0 Å². The smallest absolute Gasteiger partial charge is 0.292 e. The zero-order valence-corrected chi connectivity index (χ0v) is 17.6. The van der Waals surface area contributed by atoms with E-state index in [1.807, 2.05) is 55.5 Å². The van der Waals surface area contributed by atoms with Gasteiger partial charge in [-0.3, -0.25) is 4.79 Å². The first kappa shape index (κ1) is 20.4. The Morgan fingerprint density at radius 3 is 2.80 bits per heavy atom. The van der Waals surface area contributed by atoms with Crippen molar-refractivity contribution in [2.75, 3.05) is 25.1 Å². The second kappa shape index (κ2) is 9.32. The van der Waals surface area contributed by atoms with Crippen LogP contribution in [0.25, 0.3) is 5.69 Å². The first-order valence-corrected chi connectivity index (χ1v) is 10.4. The molecule has 1 atom stereocenters. The molecule has 0 spiro atoms. The third-order valence-electron chi connectivity index (χ3n) is 5.13. The number of hydrogen-bond donors (Lipinski definition) is 1. The van der Waals surface area contributed by atoms with Crippen LogP contribution in [-0.4, -0.2) is 29.5 Å². The molecular weight excluding hydrogens is 402 g/mol. The molecule has 0 saturated carbocycles. The van der Waals surface area contributed by atoms with Crippen LogP contribution in [0.2, 0.25) is 5.02 Å². The summed E-state index contributed by atoms with van der Waals surface area (Å²) in [7, 11) is 0. The molecule has 0 bridgehead atoms. The van der Waals surface area contributed by atoms with Gasteiger partial charge in [0.05, 0.1) is 24.2 Å². The van der Waals surface area contributed by atoms with Gasteiger partial charge in [-0.2, -0.15) is 9.78 Å². The Hall–Kier alpha value is -2.83. The number of para-hydroxylation sites is 1. The van der Waals surface area contributed by atoms with E-state index in [0.29, 0.717) is 29.6 Å². The van der Waals surface area contributed by atoms with Crippen LogP contribution in [-0.2, 0) is 4.74 Å². The van der Waals surface area contributed by atoms with E-state index >= 15 is 0 Å². The van der Waals surface area contributed by atoms with Crippen molar-refractivity contribution in [1.29, 1.82) is 0 Å². The van der Waals surface area contributed by atoms with Crippen LogP contribution in [0.1, 0.15) is 18.4 Å². The molecule has 0 radical (unpaired) electrons. The van der Waals surface area contributed by atoms with Gasteiger partial charge in [0, 0.05) is 13.2 Å². The third kappa shape index (κ3) is 4.66. The zero-order chi connectivity index (χ0) is 20.9. The van der Waals surface area contributed by atoms with Crippen LogP contribution in [0.4, 0.5) is 5.69 Å². The number of nitrogens with one attached hydrogen (secondary N) is 1. The number of anilines is 1. The minimum absolute atomic E-state index is 0.130. The summed E-state index contributed by atoms with van der Waals surface area (Å²) in [4.78, 5) is 12.8. The molecule has 4 rings (SSSR count). The van der Waals surface area contributed by atoms with Gasteiger partial charge in [0.1, 0.15) is 16.5 Å². The second-order valence-corrected chi connectivity index (χ2v) is 7.79. The number of rotatable bonds is 6. The molecular formula is C23H24ClN3O3. The molecule has 30 heavy (non-hydrogen) atoms. The monoisotopic (exact) mass is 425 g/mol. The van der Waals surface area contributed by atoms with Gasteiger partial charge in [-0.25, -0.2) is 0 Å². The van der Waals surface area contributed by atoms with Gasteiger partial charge in [-0.05, 0) is 61.6 Å². The molecule has 2 heterocycles. The molecule has 3 aromatic rings. The summed E-state index contributed by atoms with van der Waals surface area (Å²) in [5.74, 6) is 1.85. The molecule has 0 aliphatic carbocycles. The Morgan fingerprint density at radius 1 is 1.23 bits per heavy atom. The number of aryl methyl sites for hydroxylation is 1. The molecule has 1 unspecified atom stereocenters. The topological polar surface area (TPSA) is 65.4 Å². The van der Waals surface area contributed by atoms with Gasteiger partial charge in [0.15, 0.2) is 0 Å². The van der Waals surface area contributed by atoms with Crippen molar-refractivity contribution in [3.05, 3.63) is 75.7 Å². The Morgan fingerprint density at radius 2 is 2.07 bits per heavy atom. The zero-order valence-electron chi connectivity index (χ0n) is 16.8. The van der Waals surface area contributed by atoms with E-state index in [4.69, 9.17) is 21.1 Å². The van der Waals surface area contributed by atoms with Crippen LogP contribution in [0, 0.1) is 12.8 Å². The molecule has 6 nitrogen and oxygen atoms in total. The molecule has 1 fully saturated rings. The minimum atomic E-state index is -0.360. The molecule has 1 aliphatic heterocycles. The van der Waals surface area contributed by atoms with E-state index in [1.165, 1.54) is 4.68 Å². The van der Waals surface area contributed by atoms with Gasteiger partial charge in [-0.1, -0.05) is 29.8 Å². The maximum atomic E-state index is 12.8. The molecule has 1 aliphatic rings. The van der Waals surface area contributed by atoms with Crippen molar-refractivity contribution in [2.24, 2.45) is 5.92 Å². The summed E-state index contributed by atoms with van der Waals surface area (Å²) in [5.41, 5.74) is 1.70. The molecule has 2 aromatic carbocycles. The maximum absolute atomic E-state index is 12.8. The Bertz CT molecular complexity index is 1060. The highest BCUT2D eigenvalue weighted by atomic mass is 35.5. The lowest BCUT2D eigenvalue weighted by Gasteiger charge is -2.22. The Balaban J connectivity index is 1.52. The largest absolute Gasteiger partial charge is 0.457 e. The molecule has 1 aromatic heterocycles. The lowest BCUT2D eigenvalue weighted by Crippen LogP contribution is -2.27. The Labute approximate surface area is 180 Å². The van der Waals surface area contributed by atoms with E-state index in [1.54, 1.807) is 6.20 Å². The Kier molecular flexibility index (Phi) is 6.35. The lowest BCUT2D eigenvalue weighted by molar-refractivity contribution is 0.0595. The lowest BCUT2D eigenvalue weighted by atomic mass is 10.0. The highest BCUT2D eigenvalue weighted by Gasteiger charge is 2.16. The second-order valence-electron chi connectivity index (χ2n) is 7.42. The number of aromatic nitrogens is 2. The van der Waals surface area contributed by atoms with Crippen LogP contribution in [0.3, 0.4) is 0 Å². The van der Waals surface area contributed by atoms with E-state index < -0.39 is 0 Å². The molecule has 156 valence electrons. The molecule has 0 amide bonds. The molecule has 1 N–H and O–H groups in total.